The molecule has 0 aliphatic carbocycles. The lowest BCUT2D eigenvalue weighted by Crippen LogP contribution is -2.48. The highest BCUT2D eigenvalue weighted by molar-refractivity contribution is 5.94. The molecular weight excluding hydrogens is 338 g/mol. The average Bonchev–Trinajstić information content (AvgIpc) is 2.68. The van der Waals surface area contributed by atoms with Gasteiger partial charge in [0.15, 0.2) is 5.96 Å². The van der Waals surface area contributed by atoms with Gasteiger partial charge in [0.1, 0.15) is 0 Å². The van der Waals surface area contributed by atoms with Gasteiger partial charge in [-0.15, -0.1) is 0 Å². The molecule has 0 spiro atoms. The summed E-state index contributed by atoms with van der Waals surface area (Å²) in [6.45, 7) is 6.13. The van der Waals surface area contributed by atoms with Gasteiger partial charge in [-0.2, -0.15) is 0 Å². The van der Waals surface area contributed by atoms with E-state index < -0.39 is 0 Å². The Labute approximate surface area is 164 Å². The van der Waals surface area contributed by atoms with Crippen molar-refractivity contribution in [1.82, 2.24) is 20.9 Å². The van der Waals surface area contributed by atoms with E-state index in [4.69, 9.17) is 0 Å². The van der Waals surface area contributed by atoms with Gasteiger partial charge in [0.05, 0.1) is 0 Å². The van der Waals surface area contributed by atoms with Crippen LogP contribution in [0.25, 0.3) is 0 Å². The first-order valence-corrected chi connectivity index (χ1v) is 9.88. The normalized spacial score (nSPS) is 13.0. The number of aliphatic imine (C=N–C) groups is 1. The van der Waals surface area contributed by atoms with E-state index in [1.165, 1.54) is 12.8 Å². The highest BCUT2D eigenvalue weighted by atomic mass is 16.1. The fourth-order valence-electron chi connectivity index (χ4n) is 3.36. The fraction of sp³-hybridized carbons (Fsp3) is 0.619. The van der Waals surface area contributed by atoms with Gasteiger partial charge in [-0.3, -0.25) is 9.79 Å². The van der Waals surface area contributed by atoms with Crippen molar-refractivity contribution in [2.24, 2.45) is 10.9 Å². The lowest BCUT2D eigenvalue weighted by molar-refractivity contribution is 0.0963. The molecule has 1 aromatic carbocycles. The number of benzene rings is 1. The molecule has 0 aliphatic rings. The summed E-state index contributed by atoms with van der Waals surface area (Å²) in [6.07, 6.45) is 3.18. The van der Waals surface area contributed by atoms with Gasteiger partial charge >= 0.3 is 0 Å². The molecule has 0 aromatic heterocycles. The number of hydrogen-bond acceptors (Lipinski definition) is 3. The molecule has 6 nitrogen and oxygen atoms in total. The number of carbonyl (C=O) groups is 1. The third-order valence-electron chi connectivity index (χ3n) is 5.08. The zero-order chi connectivity index (χ0) is 20.2. The number of nitrogens with zero attached hydrogens (tertiary/aromatic N) is 2. The molecule has 27 heavy (non-hydrogen) atoms. The van der Waals surface area contributed by atoms with Gasteiger partial charge in [-0.05, 0) is 44.1 Å². The Bertz CT molecular complexity index is 596. The van der Waals surface area contributed by atoms with Gasteiger partial charge in [0.2, 0.25) is 0 Å². The van der Waals surface area contributed by atoms with Crippen molar-refractivity contribution in [3.05, 3.63) is 35.4 Å². The lowest BCUT2D eigenvalue weighted by atomic mass is 9.93. The molecule has 1 rings (SSSR count). The van der Waals surface area contributed by atoms with Gasteiger partial charge in [-0.1, -0.05) is 38.8 Å². The van der Waals surface area contributed by atoms with Gasteiger partial charge in [0, 0.05) is 38.8 Å². The summed E-state index contributed by atoms with van der Waals surface area (Å²) in [4.78, 5) is 18.4. The summed E-state index contributed by atoms with van der Waals surface area (Å²) in [5.41, 5.74) is 1.82. The molecular formula is C21H37N5O. The predicted molar refractivity (Wildman–Crippen MR) is 114 cm³/mol. The van der Waals surface area contributed by atoms with Crippen molar-refractivity contribution in [3.8, 4) is 0 Å². The molecule has 1 amide bonds. The van der Waals surface area contributed by atoms with Crippen LogP contribution in [0.4, 0.5) is 0 Å². The van der Waals surface area contributed by atoms with Gasteiger partial charge in [-0.25, -0.2) is 0 Å². The maximum atomic E-state index is 11.7. The van der Waals surface area contributed by atoms with E-state index in [9.17, 15) is 4.79 Å². The summed E-state index contributed by atoms with van der Waals surface area (Å²) in [5.74, 6) is 1.42. The molecule has 152 valence electrons. The molecule has 1 atom stereocenters. The van der Waals surface area contributed by atoms with E-state index in [-0.39, 0.29) is 5.91 Å². The van der Waals surface area contributed by atoms with E-state index >= 15 is 0 Å². The van der Waals surface area contributed by atoms with Crippen LogP contribution in [0.3, 0.4) is 0 Å². The van der Waals surface area contributed by atoms with Crippen LogP contribution in [0.2, 0.25) is 0 Å². The van der Waals surface area contributed by atoms with Crippen molar-refractivity contribution in [3.63, 3.8) is 0 Å². The minimum Gasteiger partial charge on any atom is -0.356 e. The van der Waals surface area contributed by atoms with Crippen molar-refractivity contribution < 1.29 is 4.79 Å². The van der Waals surface area contributed by atoms with Crippen LogP contribution >= 0.6 is 0 Å². The van der Waals surface area contributed by atoms with E-state index in [1.54, 1.807) is 14.1 Å². The minimum atomic E-state index is -0.0570. The number of nitrogens with one attached hydrogen (secondary N) is 3. The van der Waals surface area contributed by atoms with Crippen LogP contribution in [0.5, 0.6) is 0 Å². The largest absolute Gasteiger partial charge is 0.356 e. The molecule has 0 heterocycles. The Kier molecular flexibility index (Phi) is 10.5. The Balaban J connectivity index is 2.54. The van der Waals surface area contributed by atoms with Gasteiger partial charge < -0.3 is 20.9 Å². The molecule has 0 bridgehead atoms. The summed E-state index contributed by atoms with van der Waals surface area (Å²) >= 11 is 0. The quantitative estimate of drug-likeness (QED) is 0.433. The molecule has 3 N–H and O–H groups in total. The first kappa shape index (κ1) is 23.0. The molecule has 0 saturated carbocycles. The van der Waals surface area contributed by atoms with Crippen LogP contribution in [0.15, 0.2) is 29.3 Å². The summed E-state index contributed by atoms with van der Waals surface area (Å²) in [7, 11) is 7.72. The topological polar surface area (TPSA) is 68.8 Å². The van der Waals surface area contributed by atoms with Crippen LogP contribution in [-0.2, 0) is 6.42 Å². The lowest BCUT2D eigenvalue weighted by Gasteiger charge is -2.32. The molecule has 6 heteroatoms. The third-order valence-corrected chi connectivity index (χ3v) is 5.08. The summed E-state index contributed by atoms with van der Waals surface area (Å²) in [6, 6.07) is 8.20. The Morgan fingerprint density at radius 1 is 1.19 bits per heavy atom. The molecule has 1 aromatic rings. The standard InChI is InChI=1S/C21H37N5O/c1-7-17(8-2)19(26(5)6)15-25-21(23-4)24-13-12-16-10-9-11-18(14-16)20(27)22-3/h9-11,14,17,19H,7-8,12-13,15H2,1-6H3,(H,22,27)(H2,23,24,25). The Morgan fingerprint density at radius 2 is 1.89 bits per heavy atom. The van der Waals surface area contributed by atoms with Gasteiger partial charge in [0.25, 0.3) is 5.91 Å². The average molecular weight is 376 g/mol. The van der Waals surface area contributed by atoms with E-state index in [2.05, 4.69) is 53.8 Å². The molecule has 0 radical (unpaired) electrons. The van der Waals surface area contributed by atoms with E-state index in [1.807, 2.05) is 24.3 Å². The first-order valence-electron chi connectivity index (χ1n) is 9.88. The number of carbonyl (C=O) groups excluding carboxylic acids is 1. The highest BCUT2D eigenvalue weighted by Gasteiger charge is 2.20. The van der Waals surface area contributed by atoms with E-state index in [0.717, 1.165) is 31.0 Å². The maximum Gasteiger partial charge on any atom is 0.251 e. The second-order valence-corrected chi connectivity index (χ2v) is 7.02. The van der Waals surface area contributed by atoms with Crippen molar-refractivity contribution >= 4 is 11.9 Å². The van der Waals surface area contributed by atoms with Crippen LogP contribution in [-0.4, -0.2) is 64.1 Å². The molecule has 0 fully saturated rings. The SMILES string of the molecule is CCC(CC)C(CNC(=NC)NCCc1cccc(C(=O)NC)c1)N(C)C. The predicted octanol–water partition coefficient (Wildman–Crippen LogP) is 2.12. The number of likely N-dealkylation sites (N-methyl/N-ethyl adjacent to an activating group) is 1. The number of guanidine groups is 1. The maximum absolute atomic E-state index is 11.7. The highest BCUT2D eigenvalue weighted by Crippen LogP contribution is 2.16. The molecule has 1 unspecified atom stereocenters. The second kappa shape index (κ2) is 12.3. The Morgan fingerprint density at radius 3 is 2.44 bits per heavy atom. The smallest absolute Gasteiger partial charge is 0.251 e. The van der Waals surface area contributed by atoms with Crippen molar-refractivity contribution in [2.75, 3.05) is 41.3 Å². The fourth-order valence-corrected chi connectivity index (χ4v) is 3.36. The summed E-state index contributed by atoms with van der Waals surface area (Å²) in [5, 5.41) is 9.49. The molecule has 0 aliphatic heterocycles. The minimum absolute atomic E-state index is 0.0570. The number of hydrogen-bond donors (Lipinski definition) is 3. The number of amides is 1. The first-order chi connectivity index (χ1) is 13.0. The third kappa shape index (κ3) is 7.59. The molecule has 0 saturated heterocycles. The second-order valence-electron chi connectivity index (χ2n) is 7.02. The van der Waals surface area contributed by atoms with Crippen LogP contribution in [0.1, 0.15) is 42.6 Å². The zero-order valence-electron chi connectivity index (χ0n) is 17.8. The zero-order valence-corrected chi connectivity index (χ0v) is 17.8. The van der Waals surface area contributed by atoms with Crippen LogP contribution in [0, 0.1) is 5.92 Å². The number of rotatable bonds is 10. The summed E-state index contributed by atoms with van der Waals surface area (Å²) < 4.78 is 0. The van der Waals surface area contributed by atoms with Crippen LogP contribution < -0.4 is 16.0 Å². The van der Waals surface area contributed by atoms with Crippen molar-refractivity contribution in [2.45, 2.75) is 39.2 Å². The van der Waals surface area contributed by atoms with E-state index in [0.29, 0.717) is 17.5 Å². The monoisotopic (exact) mass is 375 g/mol. The van der Waals surface area contributed by atoms with Crippen molar-refractivity contribution in [1.29, 1.82) is 0 Å². The Hall–Kier alpha value is -2.08.